The summed E-state index contributed by atoms with van der Waals surface area (Å²) in [5.74, 6) is 0. The second-order valence-corrected chi connectivity index (χ2v) is 3.56. The first-order valence-electron chi connectivity index (χ1n) is 4.75. The molecule has 0 saturated carbocycles. The van der Waals surface area contributed by atoms with E-state index in [1.165, 1.54) is 6.33 Å². The van der Waals surface area contributed by atoms with Crippen molar-refractivity contribution in [2.24, 2.45) is 0 Å². The molecule has 0 amide bonds. The molecule has 1 N–H and O–H groups in total. The Balaban J connectivity index is 2.25. The summed E-state index contributed by atoms with van der Waals surface area (Å²) >= 11 is 5.86. The second kappa shape index (κ2) is 4.55. The zero-order valence-corrected chi connectivity index (χ0v) is 8.85. The molecule has 0 spiro atoms. The normalized spacial score (nSPS) is 11.1. The summed E-state index contributed by atoms with van der Waals surface area (Å²) in [4.78, 5) is 12.1. The number of unbranched alkanes of at least 4 members (excludes halogenated alkanes) is 1. The molecule has 2 aromatic heterocycles. The van der Waals surface area contributed by atoms with Crippen LogP contribution in [0, 0.1) is 0 Å². The maximum absolute atomic E-state index is 8.68. The predicted molar refractivity (Wildman–Crippen MR) is 56.7 cm³/mol. The van der Waals surface area contributed by atoms with Crippen molar-refractivity contribution in [2.45, 2.75) is 19.4 Å². The van der Waals surface area contributed by atoms with Gasteiger partial charge in [0.2, 0.25) is 0 Å². The number of aromatic nitrogens is 4. The number of hydrogen-bond donors (Lipinski definition) is 1. The maximum Gasteiger partial charge on any atom is 0.164 e. The summed E-state index contributed by atoms with van der Waals surface area (Å²) in [7, 11) is 0. The molecule has 2 aromatic rings. The Morgan fingerprint density at radius 1 is 1.27 bits per heavy atom. The summed E-state index contributed by atoms with van der Waals surface area (Å²) in [6.07, 6.45) is 4.79. The topological polar surface area (TPSA) is 63.8 Å². The molecule has 0 aliphatic heterocycles. The Bertz CT molecular complexity index is 456. The highest BCUT2D eigenvalue weighted by atomic mass is 35.5. The molecule has 2 heterocycles. The number of imidazole rings is 1. The van der Waals surface area contributed by atoms with Gasteiger partial charge in [0.15, 0.2) is 10.8 Å². The smallest absolute Gasteiger partial charge is 0.164 e. The number of aliphatic hydroxyl groups is 1. The standard InChI is InChI=1S/C9H11ClN4O/c10-8-7-9(12-5-11-8)14(6-13-7)3-1-2-4-15/h5-6,15H,1-4H2. The summed E-state index contributed by atoms with van der Waals surface area (Å²) < 4.78 is 1.92. The number of fused-ring (bicyclic) bond motifs is 1. The molecule has 0 radical (unpaired) electrons. The van der Waals surface area contributed by atoms with Crippen LogP contribution in [0.25, 0.3) is 11.2 Å². The summed E-state index contributed by atoms with van der Waals surface area (Å²) in [6, 6.07) is 0. The van der Waals surface area contributed by atoms with E-state index >= 15 is 0 Å². The number of aryl methyl sites for hydroxylation is 1. The molecular weight excluding hydrogens is 216 g/mol. The average Bonchev–Trinajstić information content (AvgIpc) is 2.64. The molecule has 0 fully saturated rings. The molecule has 2 rings (SSSR count). The van der Waals surface area contributed by atoms with Crippen molar-refractivity contribution in [3.8, 4) is 0 Å². The fourth-order valence-corrected chi connectivity index (χ4v) is 1.59. The van der Waals surface area contributed by atoms with Crippen LogP contribution in [-0.2, 0) is 6.54 Å². The van der Waals surface area contributed by atoms with Crippen molar-refractivity contribution in [3.63, 3.8) is 0 Å². The van der Waals surface area contributed by atoms with Gasteiger partial charge in [-0.2, -0.15) is 0 Å². The molecule has 0 aliphatic carbocycles. The summed E-state index contributed by atoms with van der Waals surface area (Å²) in [6.45, 7) is 0.993. The van der Waals surface area contributed by atoms with Gasteiger partial charge in [-0.1, -0.05) is 11.6 Å². The Kier molecular flexibility index (Phi) is 3.13. The van der Waals surface area contributed by atoms with Gasteiger partial charge in [-0.15, -0.1) is 0 Å². The van der Waals surface area contributed by atoms with E-state index in [1.807, 2.05) is 4.57 Å². The van der Waals surface area contributed by atoms with Crippen LogP contribution in [0.5, 0.6) is 0 Å². The van der Waals surface area contributed by atoms with Crippen LogP contribution in [0.4, 0.5) is 0 Å². The lowest BCUT2D eigenvalue weighted by Gasteiger charge is -2.01. The van der Waals surface area contributed by atoms with Crippen molar-refractivity contribution in [3.05, 3.63) is 17.8 Å². The van der Waals surface area contributed by atoms with Crippen molar-refractivity contribution in [1.82, 2.24) is 19.5 Å². The Labute approximate surface area is 91.7 Å². The second-order valence-electron chi connectivity index (χ2n) is 3.21. The molecule has 0 unspecified atom stereocenters. The minimum Gasteiger partial charge on any atom is -0.396 e. The average molecular weight is 227 g/mol. The van der Waals surface area contributed by atoms with Crippen LogP contribution in [0.15, 0.2) is 12.7 Å². The third-order valence-corrected chi connectivity index (χ3v) is 2.44. The van der Waals surface area contributed by atoms with E-state index in [0.29, 0.717) is 10.7 Å². The third-order valence-electron chi connectivity index (χ3n) is 2.16. The minimum atomic E-state index is 0.211. The lowest BCUT2D eigenvalue weighted by atomic mass is 10.3. The quantitative estimate of drug-likeness (QED) is 0.630. The molecule has 0 aromatic carbocycles. The number of aliphatic hydroxyl groups excluding tert-OH is 1. The largest absolute Gasteiger partial charge is 0.396 e. The van der Waals surface area contributed by atoms with Gasteiger partial charge in [-0.05, 0) is 12.8 Å². The summed E-state index contributed by atoms with van der Waals surface area (Å²) in [5.41, 5.74) is 1.37. The number of nitrogens with zero attached hydrogens (tertiary/aromatic N) is 4. The van der Waals surface area contributed by atoms with E-state index in [4.69, 9.17) is 16.7 Å². The van der Waals surface area contributed by atoms with E-state index in [9.17, 15) is 0 Å². The number of halogens is 1. The van der Waals surface area contributed by atoms with Crippen molar-refractivity contribution in [2.75, 3.05) is 6.61 Å². The van der Waals surface area contributed by atoms with E-state index in [0.717, 1.165) is 25.0 Å². The van der Waals surface area contributed by atoms with Gasteiger partial charge in [-0.25, -0.2) is 15.0 Å². The van der Waals surface area contributed by atoms with Crippen LogP contribution >= 0.6 is 11.6 Å². The highest BCUT2D eigenvalue weighted by molar-refractivity contribution is 6.33. The van der Waals surface area contributed by atoms with E-state index in [1.54, 1.807) is 6.33 Å². The number of rotatable bonds is 4. The van der Waals surface area contributed by atoms with Crippen molar-refractivity contribution in [1.29, 1.82) is 0 Å². The molecule has 5 nitrogen and oxygen atoms in total. The van der Waals surface area contributed by atoms with Crippen molar-refractivity contribution >= 4 is 22.8 Å². The first kappa shape index (κ1) is 10.3. The highest BCUT2D eigenvalue weighted by Crippen LogP contribution is 2.17. The molecule has 80 valence electrons. The molecule has 15 heavy (non-hydrogen) atoms. The number of hydrogen-bond acceptors (Lipinski definition) is 4. The predicted octanol–water partition coefficient (Wildman–Crippen LogP) is 1.25. The van der Waals surface area contributed by atoms with Gasteiger partial charge in [-0.3, -0.25) is 0 Å². The highest BCUT2D eigenvalue weighted by Gasteiger charge is 2.07. The minimum absolute atomic E-state index is 0.211. The lowest BCUT2D eigenvalue weighted by molar-refractivity contribution is 0.281. The zero-order valence-electron chi connectivity index (χ0n) is 8.10. The van der Waals surface area contributed by atoms with Crippen LogP contribution < -0.4 is 0 Å². The third kappa shape index (κ3) is 2.08. The molecular formula is C9H11ClN4O. The zero-order chi connectivity index (χ0) is 10.7. The van der Waals surface area contributed by atoms with Gasteiger partial charge in [0.05, 0.1) is 6.33 Å². The van der Waals surface area contributed by atoms with Gasteiger partial charge in [0, 0.05) is 13.2 Å². The molecule has 6 heteroatoms. The van der Waals surface area contributed by atoms with E-state index in [2.05, 4.69) is 15.0 Å². The van der Waals surface area contributed by atoms with E-state index in [-0.39, 0.29) is 6.61 Å². The fraction of sp³-hybridized carbons (Fsp3) is 0.444. The van der Waals surface area contributed by atoms with Crippen LogP contribution in [-0.4, -0.2) is 31.2 Å². The van der Waals surface area contributed by atoms with Crippen LogP contribution in [0.1, 0.15) is 12.8 Å². The lowest BCUT2D eigenvalue weighted by Crippen LogP contribution is -1.98. The maximum atomic E-state index is 8.68. The first-order chi connectivity index (χ1) is 7.33. The molecule has 0 aliphatic rings. The van der Waals surface area contributed by atoms with Crippen LogP contribution in [0.2, 0.25) is 5.15 Å². The Hall–Kier alpha value is -1.20. The fourth-order valence-electron chi connectivity index (χ4n) is 1.41. The summed E-state index contributed by atoms with van der Waals surface area (Å²) in [5, 5.41) is 9.06. The monoisotopic (exact) mass is 226 g/mol. The molecule has 0 saturated heterocycles. The molecule has 0 bridgehead atoms. The van der Waals surface area contributed by atoms with Gasteiger partial charge >= 0.3 is 0 Å². The Morgan fingerprint density at radius 2 is 2.13 bits per heavy atom. The Morgan fingerprint density at radius 3 is 2.93 bits per heavy atom. The van der Waals surface area contributed by atoms with Gasteiger partial charge in [0.25, 0.3) is 0 Å². The van der Waals surface area contributed by atoms with Gasteiger partial charge < -0.3 is 9.67 Å². The first-order valence-corrected chi connectivity index (χ1v) is 5.13. The SMILES string of the molecule is OCCCCn1cnc2c(Cl)ncnc21. The van der Waals surface area contributed by atoms with Crippen LogP contribution in [0.3, 0.4) is 0 Å². The van der Waals surface area contributed by atoms with Gasteiger partial charge in [0.1, 0.15) is 11.8 Å². The van der Waals surface area contributed by atoms with E-state index < -0.39 is 0 Å². The molecule has 0 atom stereocenters. The van der Waals surface area contributed by atoms with Crippen molar-refractivity contribution < 1.29 is 5.11 Å².